The molecule has 0 aromatic heterocycles. The van der Waals surface area contributed by atoms with Crippen LogP contribution in [0.4, 0.5) is 0 Å². The van der Waals surface area contributed by atoms with Crippen LogP contribution in [0.5, 0.6) is 0 Å². The highest BCUT2D eigenvalue weighted by Gasteiger charge is 2.22. The van der Waals surface area contributed by atoms with Crippen molar-refractivity contribution < 1.29 is 4.74 Å². The predicted molar refractivity (Wildman–Crippen MR) is 115 cm³/mol. The molecule has 0 atom stereocenters. The highest BCUT2D eigenvalue weighted by atomic mass is 16.5. The van der Waals surface area contributed by atoms with Crippen molar-refractivity contribution in [2.45, 2.75) is 83.7 Å². The third kappa shape index (κ3) is 6.25. The molecule has 2 aliphatic carbocycles. The molecule has 2 saturated carbocycles. The van der Waals surface area contributed by atoms with E-state index >= 15 is 0 Å². The van der Waals surface area contributed by atoms with Gasteiger partial charge in [0.15, 0.2) is 0 Å². The van der Waals surface area contributed by atoms with Gasteiger partial charge in [-0.05, 0) is 99.8 Å². The SMILES string of the molecule is CCOC1CCC(c2ccc(C#CC=CC3CCC(CC)CC3)cc2)CC1. The maximum atomic E-state index is 5.77. The Balaban J connectivity index is 1.46. The summed E-state index contributed by atoms with van der Waals surface area (Å²) in [5.41, 5.74) is 2.60. The first kappa shape index (κ1) is 20.2. The molecule has 0 saturated heterocycles. The van der Waals surface area contributed by atoms with Crippen LogP contribution >= 0.6 is 0 Å². The molecule has 1 nitrogen and oxygen atoms in total. The van der Waals surface area contributed by atoms with E-state index in [1.165, 1.54) is 63.4 Å². The van der Waals surface area contributed by atoms with E-state index in [4.69, 9.17) is 4.74 Å². The van der Waals surface area contributed by atoms with Crippen molar-refractivity contribution in [1.29, 1.82) is 0 Å². The summed E-state index contributed by atoms with van der Waals surface area (Å²) in [6.45, 7) is 5.26. The molecule has 27 heavy (non-hydrogen) atoms. The Morgan fingerprint density at radius 1 is 0.926 bits per heavy atom. The summed E-state index contributed by atoms with van der Waals surface area (Å²) in [6, 6.07) is 8.95. The molecule has 1 aromatic rings. The molecule has 0 aliphatic heterocycles. The Hall–Kier alpha value is -1.52. The summed E-state index contributed by atoms with van der Waals surface area (Å²) < 4.78 is 5.77. The molecule has 2 aliphatic rings. The van der Waals surface area contributed by atoms with Gasteiger partial charge in [0.05, 0.1) is 6.10 Å². The van der Waals surface area contributed by atoms with Gasteiger partial charge in [0.1, 0.15) is 0 Å². The average molecular weight is 365 g/mol. The van der Waals surface area contributed by atoms with Crippen LogP contribution < -0.4 is 0 Å². The fourth-order valence-electron chi connectivity index (χ4n) is 4.74. The lowest BCUT2D eigenvalue weighted by molar-refractivity contribution is 0.0328. The van der Waals surface area contributed by atoms with Gasteiger partial charge in [0.2, 0.25) is 0 Å². The van der Waals surface area contributed by atoms with E-state index in [1.54, 1.807) is 0 Å². The summed E-state index contributed by atoms with van der Waals surface area (Å²) in [4.78, 5) is 0. The van der Waals surface area contributed by atoms with E-state index in [-0.39, 0.29) is 0 Å². The van der Waals surface area contributed by atoms with E-state index in [0.29, 0.717) is 12.0 Å². The molecule has 1 aromatic carbocycles. The van der Waals surface area contributed by atoms with E-state index in [1.807, 2.05) is 0 Å². The number of benzene rings is 1. The summed E-state index contributed by atoms with van der Waals surface area (Å²) in [6.07, 6.45) is 16.6. The Morgan fingerprint density at radius 3 is 2.26 bits per heavy atom. The van der Waals surface area contributed by atoms with Gasteiger partial charge >= 0.3 is 0 Å². The lowest BCUT2D eigenvalue weighted by Gasteiger charge is -2.28. The lowest BCUT2D eigenvalue weighted by atomic mass is 9.81. The van der Waals surface area contributed by atoms with E-state index in [0.717, 1.165) is 24.0 Å². The maximum Gasteiger partial charge on any atom is 0.0575 e. The van der Waals surface area contributed by atoms with Crippen molar-refractivity contribution >= 4 is 0 Å². The minimum Gasteiger partial charge on any atom is -0.379 e. The molecule has 0 bridgehead atoms. The summed E-state index contributed by atoms with van der Waals surface area (Å²) in [7, 11) is 0. The Bertz CT molecular complexity index is 629. The zero-order valence-electron chi connectivity index (χ0n) is 17.3. The topological polar surface area (TPSA) is 9.23 Å². The second-order valence-electron chi connectivity index (χ2n) is 8.37. The van der Waals surface area contributed by atoms with Crippen LogP contribution in [0, 0.1) is 23.7 Å². The number of hydrogen-bond acceptors (Lipinski definition) is 1. The molecule has 0 spiro atoms. The number of allylic oxidation sites excluding steroid dienone is 2. The molecular formula is C26H36O. The van der Waals surface area contributed by atoms with E-state index < -0.39 is 0 Å². The van der Waals surface area contributed by atoms with Gasteiger partial charge < -0.3 is 4.74 Å². The van der Waals surface area contributed by atoms with Gasteiger partial charge in [0.25, 0.3) is 0 Å². The minimum atomic E-state index is 0.486. The van der Waals surface area contributed by atoms with Crippen molar-refractivity contribution in [3.63, 3.8) is 0 Å². The monoisotopic (exact) mass is 364 g/mol. The fraction of sp³-hybridized carbons (Fsp3) is 0.615. The van der Waals surface area contributed by atoms with Gasteiger partial charge in [-0.2, -0.15) is 0 Å². The summed E-state index contributed by atoms with van der Waals surface area (Å²) in [5, 5.41) is 0. The Labute approximate surface area is 166 Å². The first-order valence-electron chi connectivity index (χ1n) is 11.2. The standard InChI is InChI=1S/C26H36O/c1-3-21-9-11-22(12-10-21)7-5-6-8-23-13-15-24(16-14-23)25-17-19-26(20-18-25)27-4-2/h5,7,13-16,21-22,25-26H,3-4,9-12,17-20H2,1-2H3. The predicted octanol–water partition coefficient (Wildman–Crippen LogP) is 6.87. The van der Waals surface area contributed by atoms with Crippen molar-refractivity contribution in [3.8, 4) is 11.8 Å². The smallest absolute Gasteiger partial charge is 0.0575 e. The van der Waals surface area contributed by atoms with Gasteiger partial charge in [0, 0.05) is 12.2 Å². The largest absolute Gasteiger partial charge is 0.379 e. The molecule has 2 fully saturated rings. The highest BCUT2D eigenvalue weighted by molar-refractivity contribution is 5.39. The van der Waals surface area contributed by atoms with Crippen LogP contribution in [-0.2, 0) is 4.74 Å². The van der Waals surface area contributed by atoms with Crippen molar-refractivity contribution in [3.05, 3.63) is 47.5 Å². The average Bonchev–Trinajstić information content (AvgIpc) is 2.73. The van der Waals surface area contributed by atoms with Crippen LogP contribution in [0.3, 0.4) is 0 Å². The highest BCUT2D eigenvalue weighted by Crippen LogP contribution is 2.34. The van der Waals surface area contributed by atoms with E-state index in [9.17, 15) is 0 Å². The molecule has 0 radical (unpaired) electrons. The summed E-state index contributed by atoms with van der Waals surface area (Å²) in [5.74, 6) is 8.96. The van der Waals surface area contributed by atoms with Crippen LogP contribution in [0.1, 0.15) is 88.7 Å². The number of rotatable bonds is 5. The number of hydrogen-bond donors (Lipinski definition) is 0. The third-order valence-electron chi connectivity index (χ3n) is 6.60. The molecular weight excluding hydrogens is 328 g/mol. The third-order valence-corrected chi connectivity index (χ3v) is 6.60. The van der Waals surface area contributed by atoms with Crippen LogP contribution in [0.25, 0.3) is 0 Å². The first-order chi connectivity index (χ1) is 13.3. The number of ether oxygens (including phenoxy) is 1. The Morgan fingerprint density at radius 2 is 1.63 bits per heavy atom. The fourth-order valence-corrected chi connectivity index (χ4v) is 4.74. The zero-order chi connectivity index (χ0) is 18.9. The molecule has 1 heteroatoms. The minimum absolute atomic E-state index is 0.486. The Kier molecular flexibility index (Phi) is 8.03. The zero-order valence-corrected chi connectivity index (χ0v) is 17.3. The first-order valence-corrected chi connectivity index (χ1v) is 11.2. The van der Waals surface area contributed by atoms with Gasteiger partial charge in [-0.25, -0.2) is 0 Å². The summed E-state index contributed by atoms with van der Waals surface area (Å²) >= 11 is 0. The normalized spacial score (nSPS) is 28.7. The van der Waals surface area contributed by atoms with Crippen LogP contribution in [0.2, 0.25) is 0 Å². The molecule has 146 valence electrons. The van der Waals surface area contributed by atoms with Gasteiger partial charge in [-0.1, -0.05) is 43.4 Å². The second kappa shape index (κ2) is 10.7. The lowest BCUT2D eigenvalue weighted by Crippen LogP contribution is -2.20. The van der Waals surface area contributed by atoms with Crippen molar-refractivity contribution in [2.24, 2.45) is 11.8 Å². The molecule has 0 amide bonds. The van der Waals surface area contributed by atoms with Gasteiger partial charge in [-0.3, -0.25) is 0 Å². The van der Waals surface area contributed by atoms with Crippen molar-refractivity contribution in [1.82, 2.24) is 0 Å². The van der Waals surface area contributed by atoms with Crippen LogP contribution in [0.15, 0.2) is 36.4 Å². The van der Waals surface area contributed by atoms with E-state index in [2.05, 4.69) is 62.1 Å². The van der Waals surface area contributed by atoms with Crippen molar-refractivity contribution in [2.75, 3.05) is 6.61 Å². The van der Waals surface area contributed by atoms with Gasteiger partial charge in [-0.15, -0.1) is 0 Å². The maximum absolute atomic E-state index is 5.77. The van der Waals surface area contributed by atoms with Crippen LogP contribution in [-0.4, -0.2) is 12.7 Å². The molecule has 0 N–H and O–H groups in total. The molecule has 3 rings (SSSR count). The quantitative estimate of drug-likeness (QED) is 0.518. The molecule has 0 unspecified atom stereocenters. The second-order valence-corrected chi connectivity index (χ2v) is 8.37. The molecule has 0 heterocycles.